The van der Waals surface area contributed by atoms with E-state index in [1.165, 1.54) is 5.56 Å². The molecule has 1 amide bonds. The predicted molar refractivity (Wildman–Crippen MR) is 91.0 cm³/mol. The summed E-state index contributed by atoms with van der Waals surface area (Å²) in [6.07, 6.45) is 1.85. The van der Waals surface area contributed by atoms with E-state index in [4.69, 9.17) is 16.3 Å². The SMILES string of the molecule is CCCOc1ccc(Cl)cc1C(=O)Nc1ccc(CC)cc1. The molecule has 0 heterocycles. The topological polar surface area (TPSA) is 38.3 Å². The molecule has 3 nitrogen and oxygen atoms in total. The van der Waals surface area contributed by atoms with Gasteiger partial charge in [-0.05, 0) is 48.7 Å². The molecule has 2 aromatic carbocycles. The molecular weight excluding hydrogens is 298 g/mol. The van der Waals surface area contributed by atoms with E-state index < -0.39 is 0 Å². The second kappa shape index (κ2) is 7.85. The summed E-state index contributed by atoms with van der Waals surface area (Å²) in [4.78, 5) is 12.5. The zero-order chi connectivity index (χ0) is 15.9. The highest BCUT2D eigenvalue weighted by atomic mass is 35.5. The third kappa shape index (κ3) is 4.25. The van der Waals surface area contributed by atoms with Crippen molar-refractivity contribution in [3.63, 3.8) is 0 Å². The van der Waals surface area contributed by atoms with Gasteiger partial charge in [0.05, 0.1) is 12.2 Å². The average Bonchev–Trinajstić information content (AvgIpc) is 2.54. The molecule has 0 saturated carbocycles. The zero-order valence-corrected chi connectivity index (χ0v) is 13.6. The Balaban J connectivity index is 2.18. The number of anilines is 1. The minimum atomic E-state index is -0.224. The summed E-state index contributed by atoms with van der Waals surface area (Å²) in [7, 11) is 0. The first-order valence-corrected chi connectivity index (χ1v) is 7.84. The lowest BCUT2D eigenvalue weighted by atomic mass is 10.1. The van der Waals surface area contributed by atoms with Crippen molar-refractivity contribution in [3.05, 3.63) is 58.6 Å². The minimum absolute atomic E-state index is 0.224. The summed E-state index contributed by atoms with van der Waals surface area (Å²) in [5.41, 5.74) is 2.43. The van der Waals surface area contributed by atoms with Gasteiger partial charge in [0, 0.05) is 10.7 Å². The van der Waals surface area contributed by atoms with Crippen LogP contribution in [0.3, 0.4) is 0 Å². The van der Waals surface area contributed by atoms with Gasteiger partial charge in [-0.25, -0.2) is 0 Å². The largest absolute Gasteiger partial charge is 0.493 e. The van der Waals surface area contributed by atoms with Crippen LogP contribution < -0.4 is 10.1 Å². The minimum Gasteiger partial charge on any atom is -0.493 e. The summed E-state index contributed by atoms with van der Waals surface area (Å²) >= 11 is 6.00. The molecule has 0 aromatic heterocycles. The molecule has 116 valence electrons. The normalized spacial score (nSPS) is 10.3. The summed E-state index contributed by atoms with van der Waals surface area (Å²) in [6.45, 7) is 4.68. The van der Waals surface area contributed by atoms with Crippen molar-refractivity contribution >= 4 is 23.2 Å². The van der Waals surface area contributed by atoms with Gasteiger partial charge in [-0.3, -0.25) is 4.79 Å². The quantitative estimate of drug-likeness (QED) is 0.819. The van der Waals surface area contributed by atoms with E-state index >= 15 is 0 Å². The van der Waals surface area contributed by atoms with Crippen molar-refractivity contribution in [2.45, 2.75) is 26.7 Å². The molecule has 0 fully saturated rings. The fourth-order valence-corrected chi connectivity index (χ4v) is 2.21. The molecule has 2 aromatic rings. The number of halogens is 1. The number of carbonyl (C=O) groups is 1. The Bertz CT molecular complexity index is 638. The van der Waals surface area contributed by atoms with E-state index in [1.54, 1.807) is 18.2 Å². The molecule has 0 aliphatic carbocycles. The molecule has 22 heavy (non-hydrogen) atoms. The lowest BCUT2D eigenvalue weighted by Crippen LogP contribution is -2.14. The molecule has 0 aliphatic rings. The molecular formula is C18H20ClNO2. The van der Waals surface area contributed by atoms with Gasteiger partial charge < -0.3 is 10.1 Å². The van der Waals surface area contributed by atoms with Crippen molar-refractivity contribution in [1.29, 1.82) is 0 Å². The number of benzene rings is 2. The maximum absolute atomic E-state index is 12.5. The van der Waals surface area contributed by atoms with Gasteiger partial charge >= 0.3 is 0 Å². The van der Waals surface area contributed by atoms with Gasteiger partial charge in [0.2, 0.25) is 0 Å². The maximum Gasteiger partial charge on any atom is 0.259 e. The molecule has 0 atom stereocenters. The number of hydrogen-bond acceptors (Lipinski definition) is 2. The first-order valence-electron chi connectivity index (χ1n) is 7.46. The smallest absolute Gasteiger partial charge is 0.259 e. The number of amides is 1. The number of nitrogens with one attached hydrogen (secondary N) is 1. The average molecular weight is 318 g/mol. The Labute approximate surface area is 136 Å². The van der Waals surface area contributed by atoms with Crippen LogP contribution in [0.1, 0.15) is 36.2 Å². The number of hydrogen-bond donors (Lipinski definition) is 1. The number of carbonyl (C=O) groups excluding carboxylic acids is 1. The second-order valence-electron chi connectivity index (χ2n) is 4.99. The van der Waals surface area contributed by atoms with Crippen LogP contribution in [0, 0.1) is 0 Å². The van der Waals surface area contributed by atoms with E-state index in [0.29, 0.717) is 22.9 Å². The maximum atomic E-state index is 12.5. The number of rotatable bonds is 6. The standard InChI is InChI=1S/C18H20ClNO2/c1-3-11-22-17-10-7-14(19)12-16(17)18(21)20-15-8-5-13(4-2)6-9-15/h5-10,12H,3-4,11H2,1-2H3,(H,20,21). The summed E-state index contributed by atoms with van der Waals surface area (Å²) in [5, 5.41) is 3.39. The van der Waals surface area contributed by atoms with Crippen molar-refractivity contribution < 1.29 is 9.53 Å². The molecule has 2 rings (SSSR count). The van der Waals surface area contributed by atoms with E-state index in [2.05, 4.69) is 12.2 Å². The highest BCUT2D eigenvalue weighted by Gasteiger charge is 2.13. The van der Waals surface area contributed by atoms with Gasteiger partial charge in [-0.1, -0.05) is 37.6 Å². The van der Waals surface area contributed by atoms with E-state index in [1.807, 2.05) is 31.2 Å². The monoisotopic (exact) mass is 317 g/mol. The Kier molecular flexibility index (Phi) is 5.84. The fraction of sp³-hybridized carbons (Fsp3) is 0.278. The van der Waals surface area contributed by atoms with Crippen LogP contribution in [0.4, 0.5) is 5.69 Å². The molecule has 1 N–H and O–H groups in total. The first-order chi connectivity index (χ1) is 10.6. The Morgan fingerprint density at radius 1 is 1.14 bits per heavy atom. The fourth-order valence-electron chi connectivity index (χ4n) is 2.04. The highest BCUT2D eigenvalue weighted by Crippen LogP contribution is 2.24. The van der Waals surface area contributed by atoms with Crippen molar-refractivity contribution in [2.75, 3.05) is 11.9 Å². The van der Waals surface area contributed by atoms with Gasteiger partial charge in [0.1, 0.15) is 5.75 Å². The molecule has 0 aliphatic heterocycles. The lowest BCUT2D eigenvalue weighted by molar-refractivity contribution is 0.102. The Morgan fingerprint density at radius 2 is 1.86 bits per heavy atom. The van der Waals surface area contributed by atoms with Gasteiger partial charge in [0.25, 0.3) is 5.91 Å². The van der Waals surface area contributed by atoms with Crippen LogP contribution in [0.2, 0.25) is 5.02 Å². The van der Waals surface area contributed by atoms with Crippen LogP contribution in [0.25, 0.3) is 0 Å². The first kappa shape index (κ1) is 16.4. The molecule has 0 unspecified atom stereocenters. The molecule has 0 radical (unpaired) electrons. The van der Waals surface area contributed by atoms with Gasteiger partial charge in [-0.15, -0.1) is 0 Å². The lowest BCUT2D eigenvalue weighted by Gasteiger charge is -2.12. The summed E-state index contributed by atoms with van der Waals surface area (Å²) in [5.74, 6) is 0.326. The molecule has 0 saturated heterocycles. The van der Waals surface area contributed by atoms with Gasteiger partial charge in [-0.2, -0.15) is 0 Å². The zero-order valence-electron chi connectivity index (χ0n) is 12.9. The molecule has 0 spiro atoms. The van der Waals surface area contributed by atoms with Crippen LogP contribution in [-0.4, -0.2) is 12.5 Å². The van der Waals surface area contributed by atoms with Crippen molar-refractivity contribution in [1.82, 2.24) is 0 Å². The second-order valence-corrected chi connectivity index (χ2v) is 5.43. The number of aryl methyl sites for hydroxylation is 1. The number of ether oxygens (including phenoxy) is 1. The van der Waals surface area contributed by atoms with E-state index in [9.17, 15) is 4.79 Å². The molecule has 4 heteroatoms. The highest BCUT2D eigenvalue weighted by molar-refractivity contribution is 6.31. The Hall–Kier alpha value is -2.00. The van der Waals surface area contributed by atoms with Crippen molar-refractivity contribution in [3.8, 4) is 5.75 Å². The third-order valence-electron chi connectivity index (χ3n) is 3.27. The predicted octanol–water partition coefficient (Wildman–Crippen LogP) is 4.94. The van der Waals surface area contributed by atoms with Crippen molar-refractivity contribution in [2.24, 2.45) is 0 Å². The van der Waals surface area contributed by atoms with Crippen LogP contribution in [0.15, 0.2) is 42.5 Å². The summed E-state index contributed by atoms with van der Waals surface area (Å²) in [6, 6.07) is 12.9. The van der Waals surface area contributed by atoms with Crippen LogP contribution >= 0.6 is 11.6 Å². The Morgan fingerprint density at radius 3 is 2.50 bits per heavy atom. The third-order valence-corrected chi connectivity index (χ3v) is 3.50. The summed E-state index contributed by atoms with van der Waals surface area (Å²) < 4.78 is 5.62. The van der Waals surface area contributed by atoms with E-state index in [0.717, 1.165) is 18.5 Å². The van der Waals surface area contributed by atoms with Crippen LogP contribution in [0.5, 0.6) is 5.75 Å². The van der Waals surface area contributed by atoms with Crippen LogP contribution in [-0.2, 0) is 6.42 Å². The molecule has 0 bridgehead atoms. The van der Waals surface area contributed by atoms with Gasteiger partial charge in [0.15, 0.2) is 0 Å². The van der Waals surface area contributed by atoms with E-state index in [-0.39, 0.29) is 5.91 Å².